The molecule has 0 aromatic heterocycles. The van der Waals surface area contributed by atoms with E-state index in [1.165, 1.54) is 0 Å². The van der Waals surface area contributed by atoms with Gasteiger partial charge in [0, 0.05) is 11.1 Å². The Balaban J connectivity index is 1.90. The predicted octanol–water partition coefficient (Wildman–Crippen LogP) is 7.33. The fourth-order valence-electron chi connectivity index (χ4n) is 4.18. The van der Waals surface area contributed by atoms with Gasteiger partial charge in [-0.1, -0.05) is 85.2 Å². The van der Waals surface area contributed by atoms with Gasteiger partial charge in [-0.3, -0.25) is 9.59 Å². The molecule has 6 nitrogen and oxygen atoms in total. The summed E-state index contributed by atoms with van der Waals surface area (Å²) in [5, 5.41) is 6.00. The van der Waals surface area contributed by atoms with Crippen molar-refractivity contribution in [2.45, 2.75) is 78.3 Å². The van der Waals surface area contributed by atoms with Gasteiger partial charge in [0.05, 0.1) is 13.7 Å². The number of amides is 2. The van der Waals surface area contributed by atoms with Gasteiger partial charge in [-0.15, -0.1) is 0 Å². The average molecular weight is 545 g/mol. The van der Waals surface area contributed by atoms with E-state index in [0.717, 1.165) is 24.0 Å². The van der Waals surface area contributed by atoms with Crippen molar-refractivity contribution >= 4 is 11.8 Å². The molecule has 0 fully saturated rings. The summed E-state index contributed by atoms with van der Waals surface area (Å²) in [5.74, 6) is 0.560. The molecule has 0 heterocycles. The molecule has 40 heavy (non-hydrogen) atoms. The Labute approximate surface area is 239 Å². The highest BCUT2D eigenvalue weighted by molar-refractivity contribution is 5.97. The van der Waals surface area contributed by atoms with E-state index in [2.05, 4.69) is 59.1 Å². The molecule has 214 valence electrons. The zero-order valence-electron chi connectivity index (χ0n) is 25.2. The van der Waals surface area contributed by atoms with Gasteiger partial charge in [0.15, 0.2) is 11.5 Å². The van der Waals surface area contributed by atoms with E-state index in [4.69, 9.17) is 9.47 Å². The van der Waals surface area contributed by atoms with Gasteiger partial charge in [0.1, 0.15) is 6.17 Å². The van der Waals surface area contributed by atoms with Crippen LogP contribution in [0, 0.1) is 0 Å². The third-order valence-electron chi connectivity index (χ3n) is 6.85. The number of carbonyl (C=O) groups is 2. The molecule has 2 N–H and O–H groups in total. The number of methoxy groups -OCH3 is 1. The Kier molecular flexibility index (Phi) is 10.0. The van der Waals surface area contributed by atoms with Crippen LogP contribution >= 0.6 is 0 Å². The van der Waals surface area contributed by atoms with E-state index in [9.17, 15) is 9.59 Å². The lowest BCUT2D eigenvalue weighted by atomic mass is 9.86. The van der Waals surface area contributed by atoms with Crippen molar-refractivity contribution in [2.24, 2.45) is 0 Å². The van der Waals surface area contributed by atoms with Gasteiger partial charge in [0.25, 0.3) is 11.8 Å². The molecule has 0 spiro atoms. The second-order valence-electron chi connectivity index (χ2n) is 12.1. The normalized spacial score (nSPS) is 11.7. The van der Waals surface area contributed by atoms with E-state index in [1.807, 2.05) is 60.7 Å². The van der Waals surface area contributed by atoms with Crippen molar-refractivity contribution in [3.63, 3.8) is 0 Å². The van der Waals surface area contributed by atoms with Crippen LogP contribution in [0.4, 0.5) is 0 Å². The van der Waals surface area contributed by atoms with E-state index in [0.29, 0.717) is 34.8 Å². The molecule has 3 aromatic rings. The van der Waals surface area contributed by atoms with Crippen LogP contribution in [0.2, 0.25) is 0 Å². The van der Waals surface area contributed by atoms with Crippen molar-refractivity contribution in [3.8, 4) is 11.5 Å². The molecule has 0 saturated carbocycles. The number of rotatable bonds is 10. The van der Waals surface area contributed by atoms with Crippen molar-refractivity contribution in [1.82, 2.24) is 10.6 Å². The molecule has 3 rings (SSSR count). The summed E-state index contributed by atoms with van der Waals surface area (Å²) >= 11 is 0. The number of ether oxygens (including phenoxy) is 2. The highest BCUT2D eigenvalue weighted by Gasteiger charge is 2.22. The lowest BCUT2D eigenvalue weighted by Crippen LogP contribution is -2.41. The Morgan fingerprint density at radius 2 is 1.20 bits per heavy atom. The highest BCUT2D eigenvalue weighted by Crippen LogP contribution is 2.31. The molecule has 6 heteroatoms. The lowest BCUT2D eigenvalue weighted by Gasteiger charge is -2.23. The zero-order chi connectivity index (χ0) is 29.5. The zero-order valence-corrected chi connectivity index (χ0v) is 25.2. The monoisotopic (exact) mass is 544 g/mol. The highest BCUT2D eigenvalue weighted by atomic mass is 16.5. The summed E-state index contributed by atoms with van der Waals surface area (Å²) in [4.78, 5) is 26.7. The van der Waals surface area contributed by atoms with E-state index >= 15 is 0 Å². The second-order valence-corrected chi connectivity index (χ2v) is 12.1. The van der Waals surface area contributed by atoms with E-state index < -0.39 is 6.17 Å². The maximum absolute atomic E-state index is 13.3. The smallest absolute Gasteiger partial charge is 0.253 e. The van der Waals surface area contributed by atoms with Gasteiger partial charge >= 0.3 is 0 Å². The molecule has 0 unspecified atom stereocenters. The van der Waals surface area contributed by atoms with E-state index in [1.54, 1.807) is 13.2 Å². The Morgan fingerprint density at radius 3 is 1.60 bits per heavy atom. The third kappa shape index (κ3) is 8.10. The third-order valence-corrected chi connectivity index (χ3v) is 6.85. The van der Waals surface area contributed by atoms with Crippen LogP contribution in [0.25, 0.3) is 0 Å². The maximum atomic E-state index is 13.3. The summed E-state index contributed by atoms with van der Waals surface area (Å²) in [6.07, 6.45) is 1.15. The largest absolute Gasteiger partial charge is 0.493 e. The Bertz CT molecular complexity index is 1210. The molecule has 0 aliphatic rings. The van der Waals surface area contributed by atoms with Crippen LogP contribution in [0.3, 0.4) is 0 Å². The first-order chi connectivity index (χ1) is 18.8. The first-order valence-electron chi connectivity index (χ1n) is 14.0. The van der Waals surface area contributed by atoms with Gasteiger partial charge in [-0.2, -0.15) is 0 Å². The summed E-state index contributed by atoms with van der Waals surface area (Å²) in [7, 11) is 1.57. The standard InChI is InChI=1S/C34H44N2O4/c1-9-10-21-40-28-20-15-25(22-29(28)39-8)30(35-31(37)23-11-16-26(17-12-23)33(2,3)4)36-32(38)24-13-18-27(19-14-24)34(5,6)7/h11-20,22,30H,9-10,21H2,1-8H3,(H,35,37)(H,36,38). The van der Waals surface area contributed by atoms with Crippen LogP contribution in [0.15, 0.2) is 66.7 Å². The van der Waals surface area contributed by atoms with Crippen LogP contribution in [-0.2, 0) is 10.8 Å². The van der Waals surface area contributed by atoms with Gasteiger partial charge in [-0.25, -0.2) is 0 Å². The van der Waals surface area contributed by atoms with Crippen LogP contribution in [0.1, 0.15) is 105 Å². The molecule has 2 amide bonds. The van der Waals surface area contributed by atoms with Crippen LogP contribution in [-0.4, -0.2) is 25.5 Å². The van der Waals surface area contributed by atoms with Crippen molar-refractivity contribution in [1.29, 1.82) is 0 Å². The van der Waals surface area contributed by atoms with Crippen LogP contribution < -0.4 is 20.1 Å². The molecule has 0 aliphatic carbocycles. The minimum Gasteiger partial charge on any atom is -0.493 e. The van der Waals surface area contributed by atoms with Gasteiger partial charge in [-0.05, 0) is 70.3 Å². The molecule has 0 aliphatic heterocycles. The minimum atomic E-state index is -0.803. The molecular weight excluding hydrogens is 500 g/mol. The molecular formula is C34H44N2O4. The van der Waals surface area contributed by atoms with Crippen molar-refractivity contribution < 1.29 is 19.1 Å². The number of hydrogen-bond acceptors (Lipinski definition) is 4. The number of carbonyl (C=O) groups excluding carboxylic acids is 2. The fourth-order valence-corrected chi connectivity index (χ4v) is 4.18. The minimum absolute atomic E-state index is 0.0223. The summed E-state index contributed by atoms with van der Waals surface area (Å²) < 4.78 is 11.5. The summed E-state index contributed by atoms with van der Waals surface area (Å²) in [5.41, 5.74) is 3.91. The summed E-state index contributed by atoms with van der Waals surface area (Å²) in [6, 6.07) is 20.5. The molecule has 0 radical (unpaired) electrons. The molecule has 3 aromatic carbocycles. The second kappa shape index (κ2) is 13.0. The number of benzene rings is 3. The number of hydrogen-bond donors (Lipinski definition) is 2. The first kappa shape index (κ1) is 30.7. The van der Waals surface area contributed by atoms with E-state index in [-0.39, 0.29) is 22.6 Å². The Hall–Kier alpha value is -3.80. The van der Waals surface area contributed by atoms with Crippen LogP contribution in [0.5, 0.6) is 11.5 Å². The topological polar surface area (TPSA) is 76.7 Å². The van der Waals surface area contributed by atoms with Gasteiger partial charge in [0.2, 0.25) is 0 Å². The lowest BCUT2D eigenvalue weighted by molar-refractivity contribution is 0.0883. The number of nitrogens with one attached hydrogen (secondary N) is 2. The Morgan fingerprint density at radius 1 is 0.725 bits per heavy atom. The quantitative estimate of drug-likeness (QED) is 0.207. The van der Waals surface area contributed by atoms with Crippen molar-refractivity contribution in [2.75, 3.05) is 13.7 Å². The average Bonchev–Trinajstić information content (AvgIpc) is 2.92. The molecule has 0 atom stereocenters. The molecule has 0 bridgehead atoms. The predicted molar refractivity (Wildman–Crippen MR) is 161 cm³/mol. The SMILES string of the molecule is CCCCOc1ccc(C(NC(=O)c2ccc(C(C)(C)C)cc2)NC(=O)c2ccc(C(C)(C)C)cc2)cc1OC. The molecule has 0 saturated heterocycles. The van der Waals surface area contributed by atoms with Crippen molar-refractivity contribution in [3.05, 3.63) is 94.5 Å². The summed E-state index contributed by atoms with van der Waals surface area (Å²) in [6.45, 7) is 15.5. The fraction of sp³-hybridized carbons (Fsp3) is 0.412. The van der Waals surface area contributed by atoms with Gasteiger partial charge < -0.3 is 20.1 Å². The maximum Gasteiger partial charge on any atom is 0.253 e. The number of unbranched alkanes of at least 4 members (excludes halogenated alkanes) is 1. The first-order valence-corrected chi connectivity index (χ1v) is 14.0.